The molecule has 3 aromatic heterocycles. The molecule has 0 bridgehead atoms. The molecule has 0 atom stereocenters. The molecule has 0 unspecified atom stereocenters. The molecule has 3 heterocycles. The van der Waals surface area contributed by atoms with E-state index in [1.807, 2.05) is 36.6 Å². The van der Waals surface area contributed by atoms with E-state index in [2.05, 4.69) is 46.5 Å². The third-order valence-electron chi connectivity index (χ3n) is 4.34. The lowest BCUT2D eigenvalue weighted by Gasteiger charge is -2.04. The quantitative estimate of drug-likeness (QED) is 0.440. The van der Waals surface area contributed by atoms with Crippen molar-refractivity contribution in [2.45, 2.75) is 33.1 Å². The number of carbonyl (C=O) groups excluding carboxylic acids is 1. The summed E-state index contributed by atoms with van der Waals surface area (Å²) in [7, 11) is 0. The molecule has 8 heteroatoms. The molecule has 0 saturated carbocycles. The molecule has 1 N–H and O–H groups in total. The van der Waals surface area contributed by atoms with Crippen LogP contribution in [0.4, 0.5) is 5.13 Å². The maximum Gasteiger partial charge on any atom is 0.232 e. The Hall–Kier alpha value is -2.84. The van der Waals surface area contributed by atoms with Crippen molar-refractivity contribution in [3.05, 3.63) is 58.8 Å². The normalized spacial score (nSPS) is 11.2. The van der Waals surface area contributed by atoms with Crippen LogP contribution in [0.25, 0.3) is 21.3 Å². The lowest BCUT2D eigenvalue weighted by molar-refractivity contribution is -0.115. The molecule has 1 amide bonds. The third-order valence-corrected chi connectivity index (χ3v) is 6.13. The van der Waals surface area contributed by atoms with E-state index in [1.54, 1.807) is 0 Å². The summed E-state index contributed by atoms with van der Waals surface area (Å²) in [4.78, 5) is 16.8. The molecule has 4 rings (SSSR count). The smallest absolute Gasteiger partial charge is 0.232 e. The van der Waals surface area contributed by atoms with Gasteiger partial charge in [-0.2, -0.15) is 0 Å². The second kappa shape index (κ2) is 8.26. The van der Waals surface area contributed by atoms with Crippen molar-refractivity contribution in [2.24, 2.45) is 0 Å². The predicted octanol–water partition coefficient (Wildman–Crippen LogP) is 5.53. The summed E-state index contributed by atoms with van der Waals surface area (Å²) < 4.78 is 5.58. The monoisotopic (exact) mass is 424 g/mol. The SMILES string of the molecule is Cc1ccc(-c2nc(CC(=O)Nc3nnc(-c4ccc(C(C)C)cc4)s3)cs2)o1. The standard InChI is InChI=1S/C21H20N4O2S2/c1-12(2)14-5-7-15(8-6-14)19-24-25-21(29-19)23-18(26)10-16-11-28-20(22-16)17-9-4-13(3)27-17/h4-9,11-12H,10H2,1-3H3,(H,23,25,26). The maximum atomic E-state index is 12.4. The van der Waals surface area contributed by atoms with Crippen molar-refractivity contribution < 1.29 is 9.21 Å². The van der Waals surface area contributed by atoms with Gasteiger partial charge in [0.05, 0.1) is 12.1 Å². The highest BCUT2D eigenvalue weighted by atomic mass is 32.1. The largest absolute Gasteiger partial charge is 0.459 e. The summed E-state index contributed by atoms with van der Waals surface area (Å²) >= 11 is 2.82. The van der Waals surface area contributed by atoms with Crippen LogP contribution in [0.5, 0.6) is 0 Å². The molecule has 29 heavy (non-hydrogen) atoms. The van der Waals surface area contributed by atoms with Crippen LogP contribution >= 0.6 is 22.7 Å². The number of amides is 1. The van der Waals surface area contributed by atoms with Crippen molar-refractivity contribution in [1.29, 1.82) is 0 Å². The summed E-state index contributed by atoms with van der Waals surface area (Å²) in [6, 6.07) is 12.0. The Balaban J connectivity index is 1.39. The minimum atomic E-state index is -0.171. The van der Waals surface area contributed by atoms with Gasteiger partial charge in [0.25, 0.3) is 0 Å². The van der Waals surface area contributed by atoms with E-state index in [0.29, 0.717) is 16.7 Å². The van der Waals surface area contributed by atoms with E-state index in [4.69, 9.17) is 4.42 Å². The van der Waals surface area contributed by atoms with Crippen molar-refractivity contribution >= 4 is 33.7 Å². The zero-order valence-electron chi connectivity index (χ0n) is 16.3. The zero-order valence-corrected chi connectivity index (χ0v) is 17.9. The number of aryl methyl sites for hydroxylation is 1. The Kier molecular flexibility index (Phi) is 5.55. The highest BCUT2D eigenvalue weighted by Gasteiger charge is 2.14. The van der Waals surface area contributed by atoms with E-state index in [-0.39, 0.29) is 12.3 Å². The summed E-state index contributed by atoms with van der Waals surface area (Å²) in [5, 5.41) is 15.0. The van der Waals surface area contributed by atoms with Crippen LogP contribution in [0.15, 0.2) is 46.2 Å². The van der Waals surface area contributed by atoms with Gasteiger partial charge in [0, 0.05) is 10.9 Å². The first-order valence-corrected chi connectivity index (χ1v) is 10.9. The van der Waals surface area contributed by atoms with Crippen LogP contribution in [-0.2, 0) is 11.2 Å². The fourth-order valence-corrected chi connectivity index (χ4v) is 4.32. The fourth-order valence-electron chi connectivity index (χ4n) is 2.78. The van der Waals surface area contributed by atoms with Crippen LogP contribution in [0.2, 0.25) is 0 Å². The Bertz CT molecular complexity index is 1130. The van der Waals surface area contributed by atoms with Crippen LogP contribution < -0.4 is 5.32 Å². The van der Waals surface area contributed by atoms with Gasteiger partial charge in [-0.3, -0.25) is 4.79 Å². The van der Waals surface area contributed by atoms with Gasteiger partial charge in [0.2, 0.25) is 11.0 Å². The molecule has 0 aliphatic heterocycles. The average molecular weight is 425 g/mol. The minimum absolute atomic E-state index is 0.171. The van der Waals surface area contributed by atoms with Gasteiger partial charge in [-0.1, -0.05) is 49.4 Å². The number of aromatic nitrogens is 3. The average Bonchev–Trinajstić information content (AvgIpc) is 3.43. The number of hydrogen-bond acceptors (Lipinski definition) is 7. The molecule has 0 saturated heterocycles. The molecular weight excluding hydrogens is 404 g/mol. The number of nitrogens with one attached hydrogen (secondary N) is 1. The van der Waals surface area contributed by atoms with Gasteiger partial charge < -0.3 is 9.73 Å². The predicted molar refractivity (Wildman–Crippen MR) is 116 cm³/mol. The summed E-state index contributed by atoms with van der Waals surface area (Å²) in [5.74, 6) is 1.86. The molecule has 1 aromatic carbocycles. The van der Waals surface area contributed by atoms with Gasteiger partial charge in [-0.15, -0.1) is 21.5 Å². The van der Waals surface area contributed by atoms with Gasteiger partial charge >= 0.3 is 0 Å². The van der Waals surface area contributed by atoms with Crippen molar-refractivity contribution in [1.82, 2.24) is 15.2 Å². The lowest BCUT2D eigenvalue weighted by Crippen LogP contribution is -2.14. The van der Waals surface area contributed by atoms with Crippen LogP contribution in [-0.4, -0.2) is 21.1 Å². The molecule has 0 aliphatic carbocycles. The van der Waals surface area contributed by atoms with Crippen molar-refractivity contribution in [3.8, 4) is 21.3 Å². The first-order chi connectivity index (χ1) is 14.0. The Labute approximate surface area is 176 Å². The molecule has 0 fully saturated rings. The highest BCUT2D eigenvalue weighted by molar-refractivity contribution is 7.18. The van der Waals surface area contributed by atoms with Crippen LogP contribution in [0, 0.1) is 6.92 Å². The number of hydrogen-bond donors (Lipinski definition) is 1. The Morgan fingerprint density at radius 2 is 1.90 bits per heavy atom. The Morgan fingerprint density at radius 1 is 1.10 bits per heavy atom. The molecule has 6 nitrogen and oxygen atoms in total. The number of anilines is 1. The first kappa shape index (κ1) is 19.5. The van der Waals surface area contributed by atoms with E-state index in [9.17, 15) is 4.79 Å². The van der Waals surface area contributed by atoms with Gasteiger partial charge in [0.1, 0.15) is 10.8 Å². The lowest BCUT2D eigenvalue weighted by atomic mass is 10.0. The minimum Gasteiger partial charge on any atom is -0.459 e. The van der Waals surface area contributed by atoms with Crippen LogP contribution in [0.3, 0.4) is 0 Å². The van der Waals surface area contributed by atoms with Gasteiger partial charge in [-0.05, 0) is 30.5 Å². The zero-order chi connectivity index (χ0) is 20.4. The molecule has 0 aliphatic rings. The van der Waals surface area contributed by atoms with Gasteiger partial charge in [0.15, 0.2) is 10.8 Å². The molecule has 4 aromatic rings. The molecule has 0 spiro atoms. The topological polar surface area (TPSA) is 80.9 Å². The van der Waals surface area contributed by atoms with Crippen LogP contribution in [0.1, 0.15) is 36.8 Å². The second-order valence-electron chi connectivity index (χ2n) is 6.97. The van der Waals surface area contributed by atoms with E-state index >= 15 is 0 Å². The highest BCUT2D eigenvalue weighted by Crippen LogP contribution is 2.28. The number of carbonyl (C=O) groups is 1. The maximum absolute atomic E-state index is 12.4. The van der Waals surface area contributed by atoms with Crippen molar-refractivity contribution in [3.63, 3.8) is 0 Å². The number of nitrogens with zero attached hydrogens (tertiary/aromatic N) is 3. The van der Waals surface area contributed by atoms with Gasteiger partial charge in [-0.25, -0.2) is 4.98 Å². The van der Waals surface area contributed by atoms with E-state index < -0.39 is 0 Å². The third kappa shape index (κ3) is 4.60. The Morgan fingerprint density at radius 3 is 2.59 bits per heavy atom. The number of rotatable bonds is 6. The summed E-state index contributed by atoms with van der Waals surface area (Å²) in [5.41, 5.74) is 2.97. The molecule has 148 valence electrons. The van der Waals surface area contributed by atoms with E-state index in [1.165, 1.54) is 28.2 Å². The fraction of sp³-hybridized carbons (Fsp3) is 0.238. The first-order valence-electron chi connectivity index (χ1n) is 9.23. The number of furan rings is 1. The van der Waals surface area contributed by atoms with E-state index in [0.717, 1.165) is 27.1 Å². The molecule has 0 radical (unpaired) electrons. The number of benzene rings is 1. The summed E-state index contributed by atoms with van der Waals surface area (Å²) in [6.45, 7) is 6.21. The second-order valence-corrected chi connectivity index (χ2v) is 8.80. The summed E-state index contributed by atoms with van der Waals surface area (Å²) in [6.07, 6.45) is 0.175. The van der Waals surface area contributed by atoms with Crippen molar-refractivity contribution in [2.75, 3.05) is 5.32 Å². The number of thiazole rings is 1. The molecular formula is C21H20N4O2S2.